The second-order valence-electron chi connectivity index (χ2n) is 6.14. The number of nitrogens with two attached hydrogens (primary N) is 1. The molecular formula is C16H24N2O. The highest BCUT2D eigenvalue weighted by Crippen LogP contribution is 2.29. The van der Waals surface area contributed by atoms with Gasteiger partial charge in [0.05, 0.1) is 0 Å². The van der Waals surface area contributed by atoms with Gasteiger partial charge in [0.15, 0.2) is 0 Å². The maximum atomic E-state index is 12.5. The van der Waals surface area contributed by atoms with Crippen molar-refractivity contribution in [2.24, 2.45) is 5.73 Å². The number of amides is 1. The Morgan fingerprint density at radius 3 is 2.47 bits per heavy atom. The smallest absolute Gasteiger partial charge is 0.254 e. The second kappa shape index (κ2) is 5.33. The molecule has 19 heavy (non-hydrogen) atoms. The molecule has 0 aromatic heterocycles. The van der Waals surface area contributed by atoms with E-state index in [-0.39, 0.29) is 17.5 Å². The predicted molar refractivity (Wildman–Crippen MR) is 78.1 cm³/mol. The third-order valence-electron chi connectivity index (χ3n) is 3.89. The van der Waals surface area contributed by atoms with Gasteiger partial charge < -0.3 is 10.6 Å². The fourth-order valence-electron chi connectivity index (χ4n) is 2.91. The molecule has 2 rings (SSSR count). The number of nitrogens with zero attached hydrogens (tertiary/aromatic N) is 1. The van der Waals surface area contributed by atoms with Gasteiger partial charge in [-0.25, -0.2) is 0 Å². The molecule has 1 heterocycles. The van der Waals surface area contributed by atoms with E-state index in [1.165, 1.54) is 5.56 Å². The van der Waals surface area contributed by atoms with Crippen molar-refractivity contribution in [3.63, 3.8) is 0 Å². The summed E-state index contributed by atoms with van der Waals surface area (Å²) in [6.07, 6.45) is 3.06. The minimum atomic E-state index is -0.140. The molecule has 3 heteroatoms. The summed E-state index contributed by atoms with van der Waals surface area (Å²) in [7, 11) is 0. The lowest BCUT2D eigenvalue weighted by molar-refractivity contribution is 0.0651. The van der Waals surface area contributed by atoms with E-state index in [1.54, 1.807) is 0 Å². The van der Waals surface area contributed by atoms with Crippen molar-refractivity contribution in [3.8, 4) is 0 Å². The molecule has 1 aromatic rings. The molecule has 0 spiro atoms. The molecule has 1 fully saturated rings. The Bertz CT molecular complexity index is 450. The van der Waals surface area contributed by atoms with Gasteiger partial charge in [0.25, 0.3) is 5.91 Å². The van der Waals surface area contributed by atoms with E-state index >= 15 is 0 Å². The van der Waals surface area contributed by atoms with Gasteiger partial charge in [-0.3, -0.25) is 4.79 Å². The number of rotatable bonds is 3. The molecule has 3 nitrogen and oxygen atoms in total. The van der Waals surface area contributed by atoms with E-state index in [9.17, 15) is 4.79 Å². The van der Waals surface area contributed by atoms with Gasteiger partial charge in [0.2, 0.25) is 0 Å². The summed E-state index contributed by atoms with van der Waals surface area (Å²) < 4.78 is 0. The molecule has 0 radical (unpaired) electrons. The van der Waals surface area contributed by atoms with Crippen LogP contribution in [0.2, 0.25) is 0 Å². The van der Waals surface area contributed by atoms with Crippen molar-refractivity contribution in [2.45, 2.75) is 51.6 Å². The van der Waals surface area contributed by atoms with Crippen LogP contribution in [0.4, 0.5) is 0 Å². The van der Waals surface area contributed by atoms with Gasteiger partial charge in [0.1, 0.15) is 0 Å². The third-order valence-corrected chi connectivity index (χ3v) is 3.89. The summed E-state index contributed by atoms with van der Waals surface area (Å²) in [6.45, 7) is 6.99. The molecular weight excluding hydrogens is 236 g/mol. The Kier molecular flexibility index (Phi) is 3.95. The summed E-state index contributed by atoms with van der Waals surface area (Å²) in [6, 6.07) is 8.08. The highest BCUT2D eigenvalue weighted by molar-refractivity contribution is 5.95. The van der Waals surface area contributed by atoms with Crippen LogP contribution in [0.1, 0.15) is 49.5 Å². The van der Waals surface area contributed by atoms with Gasteiger partial charge in [0, 0.05) is 23.7 Å². The Labute approximate surface area is 115 Å². The molecule has 1 aromatic carbocycles. The first-order valence-corrected chi connectivity index (χ1v) is 7.10. The number of likely N-dealkylation sites (tertiary alicyclic amines) is 1. The second-order valence-corrected chi connectivity index (χ2v) is 6.14. The zero-order valence-corrected chi connectivity index (χ0v) is 12.1. The summed E-state index contributed by atoms with van der Waals surface area (Å²) in [4.78, 5) is 14.5. The number of aryl methyl sites for hydroxylation is 1. The maximum Gasteiger partial charge on any atom is 0.254 e. The Morgan fingerprint density at radius 1 is 1.37 bits per heavy atom. The van der Waals surface area contributed by atoms with Gasteiger partial charge in [-0.05, 0) is 44.4 Å². The molecule has 104 valence electrons. The van der Waals surface area contributed by atoms with Crippen LogP contribution in [0.15, 0.2) is 24.3 Å². The first-order valence-electron chi connectivity index (χ1n) is 7.10. The van der Waals surface area contributed by atoms with Crippen LogP contribution in [0, 0.1) is 0 Å². The number of carbonyl (C=O) groups excluding carboxylic acids is 1. The third kappa shape index (κ3) is 2.98. The van der Waals surface area contributed by atoms with Gasteiger partial charge >= 0.3 is 0 Å². The highest BCUT2D eigenvalue weighted by atomic mass is 16.2. The fraction of sp³-hybridized carbons (Fsp3) is 0.562. The van der Waals surface area contributed by atoms with Crippen LogP contribution >= 0.6 is 0 Å². The van der Waals surface area contributed by atoms with E-state index in [2.05, 4.69) is 32.9 Å². The van der Waals surface area contributed by atoms with Crippen molar-refractivity contribution in [2.75, 3.05) is 6.54 Å². The van der Waals surface area contributed by atoms with Gasteiger partial charge in [-0.2, -0.15) is 0 Å². The molecule has 1 unspecified atom stereocenters. The van der Waals surface area contributed by atoms with Crippen molar-refractivity contribution in [1.82, 2.24) is 4.90 Å². The van der Waals surface area contributed by atoms with Crippen molar-refractivity contribution in [1.29, 1.82) is 0 Å². The molecule has 1 atom stereocenters. The molecule has 1 amide bonds. The maximum absolute atomic E-state index is 12.5. The number of hydrogen-bond acceptors (Lipinski definition) is 2. The van der Waals surface area contributed by atoms with Crippen LogP contribution in [-0.4, -0.2) is 28.9 Å². The van der Waals surface area contributed by atoms with E-state index in [4.69, 9.17) is 5.73 Å². The standard InChI is InChI=1S/C16H24N2O/c1-4-5-12-6-8-13(9-7-12)15(19)18-11-14(17)10-16(18,2)3/h6-9,14H,4-5,10-11,17H2,1-3H3. The molecule has 2 N–H and O–H groups in total. The summed E-state index contributed by atoms with van der Waals surface area (Å²) in [5.74, 6) is 0.0981. The van der Waals surface area contributed by atoms with E-state index in [1.807, 2.05) is 17.0 Å². The molecule has 1 aliphatic rings. The predicted octanol–water partition coefficient (Wildman–Crippen LogP) is 2.59. The summed E-state index contributed by atoms with van der Waals surface area (Å²) in [5.41, 5.74) is 7.90. The lowest BCUT2D eigenvalue weighted by Crippen LogP contribution is -2.42. The lowest BCUT2D eigenvalue weighted by atomic mass is 9.99. The quantitative estimate of drug-likeness (QED) is 0.908. The van der Waals surface area contributed by atoms with Crippen LogP contribution in [0.25, 0.3) is 0 Å². The van der Waals surface area contributed by atoms with Crippen LogP contribution in [0.5, 0.6) is 0 Å². The minimum absolute atomic E-state index is 0.0957. The minimum Gasteiger partial charge on any atom is -0.332 e. The fourth-order valence-corrected chi connectivity index (χ4v) is 2.91. The zero-order valence-electron chi connectivity index (χ0n) is 12.1. The molecule has 0 aliphatic carbocycles. The van der Waals surface area contributed by atoms with Crippen LogP contribution in [0.3, 0.4) is 0 Å². The van der Waals surface area contributed by atoms with Crippen LogP contribution < -0.4 is 5.73 Å². The number of benzene rings is 1. The SMILES string of the molecule is CCCc1ccc(C(=O)N2CC(N)CC2(C)C)cc1. The molecule has 1 saturated heterocycles. The normalized spacial score (nSPS) is 21.7. The number of hydrogen-bond donors (Lipinski definition) is 1. The average Bonchev–Trinajstić information content (AvgIpc) is 2.63. The van der Waals surface area contributed by atoms with E-state index in [0.29, 0.717) is 6.54 Å². The Balaban J connectivity index is 2.15. The topological polar surface area (TPSA) is 46.3 Å². The van der Waals surface area contributed by atoms with Crippen molar-refractivity contribution >= 4 is 5.91 Å². The summed E-state index contributed by atoms with van der Waals surface area (Å²) >= 11 is 0. The molecule has 0 saturated carbocycles. The van der Waals surface area contributed by atoms with Crippen molar-refractivity contribution in [3.05, 3.63) is 35.4 Å². The Hall–Kier alpha value is -1.35. The highest BCUT2D eigenvalue weighted by Gasteiger charge is 2.39. The Morgan fingerprint density at radius 2 is 2.00 bits per heavy atom. The van der Waals surface area contributed by atoms with Crippen LogP contribution in [-0.2, 0) is 6.42 Å². The van der Waals surface area contributed by atoms with Gasteiger partial charge in [-0.15, -0.1) is 0 Å². The molecule has 0 bridgehead atoms. The molecule has 1 aliphatic heterocycles. The zero-order chi connectivity index (χ0) is 14.0. The first kappa shape index (κ1) is 14.1. The lowest BCUT2D eigenvalue weighted by Gasteiger charge is -2.31. The van der Waals surface area contributed by atoms with Crippen molar-refractivity contribution < 1.29 is 4.79 Å². The van der Waals surface area contributed by atoms with E-state index < -0.39 is 0 Å². The average molecular weight is 260 g/mol. The monoisotopic (exact) mass is 260 g/mol. The van der Waals surface area contributed by atoms with E-state index in [0.717, 1.165) is 24.8 Å². The largest absolute Gasteiger partial charge is 0.332 e. The number of carbonyl (C=O) groups is 1. The summed E-state index contributed by atoms with van der Waals surface area (Å²) in [5, 5.41) is 0. The van der Waals surface area contributed by atoms with Gasteiger partial charge in [-0.1, -0.05) is 25.5 Å². The first-order chi connectivity index (χ1) is 8.94.